The number of alkyl halides is 2. The summed E-state index contributed by atoms with van der Waals surface area (Å²) in [6.45, 7) is 0. The van der Waals surface area contributed by atoms with Crippen LogP contribution in [-0.4, -0.2) is 5.25 Å². The highest BCUT2D eigenvalue weighted by Crippen LogP contribution is 2.45. The molecule has 0 aromatic carbocycles. The molecule has 0 saturated heterocycles. The quantitative estimate of drug-likeness (QED) is 0.501. The molecule has 0 aromatic rings. The van der Waals surface area contributed by atoms with E-state index in [0.29, 0.717) is 12.8 Å². The van der Waals surface area contributed by atoms with Crippen LogP contribution in [0.5, 0.6) is 0 Å². The maximum absolute atomic E-state index is 11.7. The van der Waals surface area contributed by atoms with Crippen LogP contribution >= 0.6 is 12.6 Å². The Morgan fingerprint density at radius 3 is 1.86 bits per heavy atom. The van der Waals surface area contributed by atoms with E-state index >= 15 is 0 Å². The van der Waals surface area contributed by atoms with Gasteiger partial charge in [0.15, 0.2) is 0 Å². The van der Waals surface area contributed by atoms with E-state index in [-0.39, 0.29) is 0 Å². The molecule has 7 heavy (non-hydrogen) atoms. The van der Waals surface area contributed by atoms with Gasteiger partial charge >= 0.3 is 5.25 Å². The van der Waals surface area contributed by atoms with Crippen molar-refractivity contribution in [2.75, 3.05) is 0 Å². The Labute approximate surface area is 46.3 Å². The molecule has 0 atom stereocenters. The first kappa shape index (κ1) is 5.35. The van der Waals surface area contributed by atoms with Crippen LogP contribution in [0, 0.1) is 5.92 Å². The molecule has 0 nitrogen and oxygen atoms in total. The molecule has 1 radical (unpaired) electrons. The third-order valence-corrected chi connectivity index (χ3v) is 1.39. The number of hydrogen-bond acceptors (Lipinski definition) is 0. The van der Waals surface area contributed by atoms with E-state index in [2.05, 4.69) is 12.6 Å². The Morgan fingerprint density at radius 1 is 1.43 bits per heavy atom. The minimum absolute atomic E-state index is 0.470. The summed E-state index contributed by atoms with van der Waals surface area (Å²) < 4.78 is 23.4. The Kier molecular flexibility index (Phi) is 1.02. The van der Waals surface area contributed by atoms with Crippen molar-refractivity contribution in [2.24, 2.45) is 5.92 Å². The maximum atomic E-state index is 11.7. The molecule has 0 unspecified atom stereocenters. The van der Waals surface area contributed by atoms with Gasteiger partial charge in [0.2, 0.25) is 0 Å². The molecule has 1 fully saturated rings. The molecular formula is C4H5F2S. The lowest BCUT2D eigenvalue weighted by Crippen LogP contribution is -2.07. The van der Waals surface area contributed by atoms with E-state index in [0.717, 1.165) is 0 Å². The molecule has 1 saturated carbocycles. The van der Waals surface area contributed by atoms with Gasteiger partial charge in [0, 0.05) is 5.92 Å². The van der Waals surface area contributed by atoms with Crippen LogP contribution in [-0.2, 0) is 0 Å². The van der Waals surface area contributed by atoms with E-state index < -0.39 is 11.2 Å². The van der Waals surface area contributed by atoms with Crippen molar-refractivity contribution < 1.29 is 8.78 Å². The van der Waals surface area contributed by atoms with Gasteiger partial charge in [-0.25, -0.2) is 0 Å². The van der Waals surface area contributed by atoms with Crippen LogP contribution in [0.1, 0.15) is 12.8 Å². The van der Waals surface area contributed by atoms with Gasteiger partial charge in [-0.15, -0.1) is 0 Å². The highest BCUT2D eigenvalue weighted by atomic mass is 32.1. The SMILES string of the molecule is FC(F)([S])C1CC1. The Balaban J connectivity index is 2.36. The minimum atomic E-state index is -2.81. The largest absolute Gasteiger partial charge is 0.306 e. The average Bonchev–Trinajstić information content (AvgIpc) is 1.99. The fourth-order valence-corrected chi connectivity index (χ4v) is 0.655. The molecule has 0 N–H and O–H groups in total. The van der Waals surface area contributed by atoms with Crippen molar-refractivity contribution in [1.82, 2.24) is 0 Å². The molecular weight excluding hydrogens is 118 g/mol. The summed E-state index contributed by atoms with van der Waals surface area (Å²) in [7, 11) is 0. The average molecular weight is 123 g/mol. The van der Waals surface area contributed by atoms with Crippen molar-refractivity contribution in [2.45, 2.75) is 18.1 Å². The minimum Gasteiger partial charge on any atom is -0.193 e. The maximum Gasteiger partial charge on any atom is 0.306 e. The lowest BCUT2D eigenvalue weighted by atomic mass is 10.5. The molecule has 3 heteroatoms. The summed E-state index contributed by atoms with van der Waals surface area (Å²) in [6, 6.07) is 0. The Morgan fingerprint density at radius 2 is 1.86 bits per heavy atom. The molecule has 0 amide bonds. The van der Waals surface area contributed by atoms with Crippen LogP contribution in [0.15, 0.2) is 0 Å². The number of hydrogen-bond donors (Lipinski definition) is 0. The van der Waals surface area contributed by atoms with Gasteiger partial charge in [0.1, 0.15) is 0 Å². The standard InChI is InChI=1S/C4H5F2S/c5-4(6,7)3-1-2-3/h3H,1-2H2. The monoisotopic (exact) mass is 123 g/mol. The lowest BCUT2D eigenvalue weighted by Gasteiger charge is -2.01. The van der Waals surface area contributed by atoms with E-state index in [1.165, 1.54) is 0 Å². The zero-order valence-electron chi connectivity index (χ0n) is 3.66. The summed E-state index contributed by atoms with van der Waals surface area (Å²) in [5.74, 6) is -0.470. The zero-order valence-corrected chi connectivity index (χ0v) is 4.47. The van der Waals surface area contributed by atoms with Crippen LogP contribution in [0.4, 0.5) is 8.78 Å². The number of halogens is 2. The highest BCUT2D eigenvalue weighted by Gasteiger charge is 2.44. The van der Waals surface area contributed by atoms with Crippen LogP contribution in [0.3, 0.4) is 0 Å². The fourth-order valence-electron chi connectivity index (χ4n) is 0.419. The van der Waals surface area contributed by atoms with E-state index in [1.54, 1.807) is 0 Å². The van der Waals surface area contributed by atoms with Gasteiger partial charge in [-0.1, -0.05) is 0 Å². The molecule has 0 bridgehead atoms. The van der Waals surface area contributed by atoms with Crippen LogP contribution < -0.4 is 0 Å². The van der Waals surface area contributed by atoms with Crippen LogP contribution in [0.2, 0.25) is 0 Å². The van der Waals surface area contributed by atoms with Gasteiger partial charge in [0.05, 0.1) is 0 Å². The van der Waals surface area contributed by atoms with Crippen LogP contribution in [0.25, 0.3) is 0 Å². The molecule has 0 heterocycles. The van der Waals surface area contributed by atoms with Gasteiger partial charge in [-0.3, -0.25) is 0 Å². The third-order valence-electron chi connectivity index (χ3n) is 1.05. The first-order valence-electron chi connectivity index (χ1n) is 2.19. The molecule has 1 rings (SSSR count). The number of rotatable bonds is 1. The van der Waals surface area contributed by atoms with Crippen molar-refractivity contribution in [3.63, 3.8) is 0 Å². The molecule has 41 valence electrons. The zero-order chi connectivity index (χ0) is 5.49. The summed E-state index contributed by atoms with van der Waals surface area (Å²) in [4.78, 5) is 0. The Bertz CT molecular complexity index is 72.2. The summed E-state index contributed by atoms with van der Waals surface area (Å²) in [5, 5.41) is -2.81. The summed E-state index contributed by atoms with van der Waals surface area (Å²) in [5.41, 5.74) is 0. The molecule has 1 aliphatic rings. The van der Waals surface area contributed by atoms with E-state index in [1.807, 2.05) is 0 Å². The second kappa shape index (κ2) is 1.34. The van der Waals surface area contributed by atoms with Gasteiger partial charge in [0.25, 0.3) is 0 Å². The second-order valence-electron chi connectivity index (χ2n) is 1.84. The predicted octanol–water partition coefficient (Wildman–Crippen LogP) is 2.19. The first-order valence-corrected chi connectivity index (χ1v) is 2.60. The normalized spacial score (nSPS) is 22.7. The van der Waals surface area contributed by atoms with Crippen molar-refractivity contribution in [3.05, 3.63) is 0 Å². The lowest BCUT2D eigenvalue weighted by molar-refractivity contribution is 0.0833. The van der Waals surface area contributed by atoms with Gasteiger partial charge in [-0.2, -0.15) is 8.78 Å². The van der Waals surface area contributed by atoms with Crippen molar-refractivity contribution in [3.8, 4) is 0 Å². The Hall–Kier alpha value is 0.210. The first-order chi connectivity index (χ1) is 3.11. The molecule has 0 aliphatic heterocycles. The molecule has 1 aliphatic carbocycles. The van der Waals surface area contributed by atoms with Gasteiger partial charge < -0.3 is 0 Å². The topological polar surface area (TPSA) is 0 Å². The smallest absolute Gasteiger partial charge is 0.193 e. The fraction of sp³-hybridized carbons (Fsp3) is 1.00. The highest BCUT2D eigenvalue weighted by molar-refractivity contribution is 7.81. The second-order valence-corrected chi connectivity index (χ2v) is 2.38. The third kappa shape index (κ3) is 1.30. The summed E-state index contributed by atoms with van der Waals surface area (Å²) >= 11 is 3.84. The molecule has 0 spiro atoms. The molecule has 0 aromatic heterocycles. The van der Waals surface area contributed by atoms with Crippen molar-refractivity contribution >= 4 is 12.6 Å². The summed E-state index contributed by atoms with van der Waals surface area (Å²) in [6.07, 6.45) is 1.24. The predicted molar refractivity (Wildman–Crippen MR) is 25.3 cm³/mol. The van der Waals surface area contributed by atoms with E-state index in [4.69, 9.17) is 0 Å². The van der Waals surface area contributed by atoms with Crippen molar-refractivity contribution in [1.29, 1.82) is 0 Å². The van der Waals surface area contributed by atoms with E-state index in [9.17, 15) is 8.78 Å². The van der Waals surface area contributed by atoms with Gasteiger partial charge in [-0.05, 0) is 25.5 Å².